The topological polar surface area (TPSA) is 85.4 Å². The highest BCUT2D eigenvalue weighted by atomic mass is 16.5. The quantitative estimate of drug-likeness (QED) is 0.608. The van der Waals surface area contributed by atoms with Crippen molar-refractivity contribution in [1.82, 2.24) is 9.97 Å². The predicted octanol–water partition coefficient (Wildman–Crippen LogP) is 3.71. The first-order valence-corrected chi connectivity index (χ1v) is 9.25. The average Bonchev–Trinajstić information content (AvgIpc) is 2.74. The molecule has 0 fully saturated rings. The lowest BCUT2D eigenvalue weighted by molar-refractivity contribution is 0.102. The van der Waals surface area contributed by atoms with Gasteiger partial charge in [-0.1, -0.05) is 12.1 Å². The maximum atomic E-state index is 12.6. The van der Waals surface area contributed by atoms with Crippen molar-refractivity contribution in [3.05, 3.63) is 71.7 Å². The summed E-state index contributed by atoms with van der Waals surface area (Å²) in [5.41, 5.74) is 2.12. The van der Waals surface area contributed by atoms with Gasteiger partial charge in [0.25, 0.3) is 5.91 Å². The SMILES string of the molecule is COc1ccc(NC(=O)c2cc(NCCc3cccc(OC)c3)nc(C)n2)cc1. The van der Waals surface area contributed by atoms with Crippen molar-refractivity contribution in [2.45, 2.75) is 13.3 Å². The minimum atomic E-state index is -0.295. The molecule has 0 saturated heterocycles. The first-order chi connectivity index (χ1) is 14.1. The summed E-state index contributed by atoms with van der Waals surface area (Å²) >= 11 is 0. The Hall–Kier alpha value is -3.61. The van der Waals surface area contributed by atoms with Gasteiger partial charge in [-0.25, -0.2) is 9.97 Å². The van der Waals surface area contributed by atoms with Crippen LogP contribution in [0.15, 0.2) is 54.6 Å². The number of carbonyl (C=O) groups excluding carboxylic acids is 1. The molecule has 7 nitrogen and oxygen atoms in total. The van der Waals surface area contributed by atoms with Gasteiger partial charge in [-0.2, -0.15) is 0 Å². The number of anilines is 2. The van der Waals surface area contributed by atoms with Gasteiger partial charge in [-0.3, -0.25) is 4.79 Å². The van der Waals surface area contributed by atoms with E-state index in [0.717, 1.165) is 23.5 Å². The number of carbonyl (C=O) groups is 1. The number of amides is 1. The number of nitrogens with one attached hydrogen (secondary N) is 2. The molecule has 0 spiro atoms. The van der Waals surface area contributed by atoms with E-state index in [2.05, 4.69) is 20.6 Å². The molecule has 29 heavy (non-hydrogen) atoms. The lowest BCUT2D eigenvalue weighted by atomic mass is 10.1. The van der Waals surface area contributed by atoms with E-state index in [9.17, 15) is 4.79 Å². The minimum Gasteiger partial charge on any atom is -0.497 e. The highest BCUT2D eigenvalue weighted by molar-refractivity contribution is 6.03. The summed E-state index contributed by atoms with van der Waals surface area (Å²) in [5.74, 6) is 2.40. The fraction of sp³-hybridized carbons (Fsp3) is 0.227. The molecule has 0 aliphatic carbocycles. The molecule has 0 radical (unpaired) electrons. The van der Waals surface area contributed by atoms with Crippen molar-refractivity contribution in [3.8, 4) is 11.5 Å². The standard InChI is InChI=1S/C22H24N4O3/c1-15-24-20(22(27)26-17-7-9-18(28-2)10-8-17)14-21(25-15)23-12-11-16-5-4-6-19(13-16)29-3/h4-10,13-14H,11-12H2,1-3H3,(H,26,27)(H,23,24,25). The summed E-state index contributed by atoms with van der Waals surface area (Å²) in [5, 5.41) is 6.09. The normalized spacial score (nSPS) is 10.3. The molecule has 0 bridgehead atoms. The fourth-order valence-corrected chi connectivity index (χ4v) is 2.81. The molecule has 0 unspecified atom stereocenters. The van der Waals surface area contributed by atoms with Crippen LogP contribution in [0.2, 0.25) is 0 Å². The minimum absolute atomic E-state index is 0.295. The zero-order valence-electron chi connectivity index (χ0n) is 16.7. The van der Waals surface area contributed by atoms with Gasteiger partial charge < -0.3 is 20.1 Å². The van der Waals surface area contributed by atoms with E-state index in [4.69, 9.17) is 9.47 Å². The molecule has 7 heteroatoms. The second-order valence-corrected chi connectivity index (χ2v) is 6.40. The van der Waals surface area contributed by atoms with Gasteiger partial charge >= 0.3 is 0 Å². The largest absolute Gasteiger partial charge is 0.497 e. The number of nitrogens with zero attached hydrogens (tertiary/aromatic N) is 2. The third-order valence-corrected chi connectivity index (χ3v) is 4.27. The van der Waals surface area contributed by atoms with Crippen molar-refractivity contribution < 1.29 is 14.3 Å². The van der Waals surface area contributed by atoms with Crippen LogP contribution in [0.4, 0.5) is 11.5 Å². The van der Waals surface area contributed by atoms with Crippen molar-refractivity contribution in [2.24, 2.45) is 0 Å². The number of hydrogen-bond donors (Lipinski definition) is 2. The van der Waals surface area contributed by atoms with Gasteiger partial charge in [-0.05, 0) is 55.3 Å². The molecule has 0 atom stereocenters. The van der Waals surface area contributed by atoms with Gasteiger partial charge in [0.2, 0.25) is 0 Å². The van der Waals surface area contributed by atoms with Crippen molar-refractivity contribution in [1.29, 1.82) is 0 Å². The first-order valence-electron chi connectivity index (χ1n) is 9.25. The monoisotopic (exact) mass is 392 g/mol. The highest BCUT2D eigenvalue weighted by Gasteiger charge is 2.11. The number of aryl methyl sites for hydroxylation is 1. The Morgan fingerprint density at radius 1 is 0.966 bits per heavy atom. The summed E-state index contributed by atoms with van der Waals surface area (Å²) in [6.45, 7) is 2.43. The summed E-state index contributed by atoms with van der Waals surface area (Å²) in [6, 6.07) is 16.7. The highest BCUT2D eigenvalue weighted by Crippen LogP contribution is 2.17. The average molecular weight is 392 g/mol. The molecular weight excluding hydrogens is 368 g/mol. The fourth-order valence-electron chi connectivity index (χ4n) is 2.81. The van der Waals surface area contributed by atoms with Crippen LogP contribution in [0.1, 0.15) is 21.9 Å². The van der Waals surface area contributed by atoms with E-state index < -0.39 is 0 Å². The molecule has 3 aromatic rings. The van der Waals surface area contributed by atoms with Crippen LogP contribution in [-0.4, -0.2) is 36.6 Å². The molecular formula is C22H24N4O3. The van der Waals surface area contributed by atoms with E-state index in [1.807, 2.05) is 24.3 Å². The number of aromatic nitrogens is 2. The lowest BCUT2D eigenvalue weighted by Crippen LogP contribution is -2.16. The molecule has 1 amide bonds. The summed E-state index contributed by atoms with van der Waals surface area (Å²) in [4.78, 5) is 21.2. The molecule has 0 aliphatic rings. The number of rotatable bonds is 8. The Morgan fingerprint density at radius 3 is 2.45 bits per heavy atom. The van der Waals surface area contributed by atoms with Crippen LogP contribution in [0.5, 0.6) is 11.5 Å². The third kappa shape index (κ3) is 5.68. The number of methoxy groups -OCH3 is 2. The van der Waals surface area contributed by atoms with E-state index in [-0.39, 0.29) is 5.91 Å². The lowest BCUT2D eigenvalue weighted by Gasteiger charge is -2.10. The molecule has 1 aromatic heterocycles. The first kappa shape index (κ1) is 20.1. The Bertz CT molecular complexity index is 974. The summed E-state index contributed by atoms with van der Waals surface area (Å²) in [7, 11) is 3.25. The van der Waals surface area contributed by atoms with Crippen LogP contribution >= 0.6 is 0 Å². The van der Waals surface area contributed by atoms with Crippen LogP contribution < -0.4 is 20.1 Å². The Kier molecular flexibility index (Phi) is 6.63. The smallest absolute Gasteiger partial charge is 0.274 e. The van der Waals surface area contributed by atoms with Crippen molar-refractivity contribution >= 4 is 17.4 Å². The summed E-state index contributed by atoms with van der Waals surface area (Å²) < 4.78 is 10.4. The van der Waals surface area contributed by atoms with Gasteiger partial charge in [0.15, 0.2) is 0 Å². The second kappa shape index (κ2) is 9.54. The third-order valence-electron chi connectivity index (χ3n) is 4.27. The Balaban J connectivity index is 1.62. The van der Waals surface area contributed by atoms with Crippen LogP contribution in [0, 0.1) is 6.92 Å². The van der Waals surface area contributed by atoms with E-state index in [1.54, 1.807) is 51.5 Å². The van der Waals surface area contributed by atoms with Gasteiger partial charge in [0, 0.05) is 18.3 Å². The van der Waals surface area contributed by atoms with Gasteiger partial charge in [-0.15, -0.1) is 0 Å². The maximum Gasteiger partial charge on any atom is 0.274 e. The van der Waals surface area contributed by atoms with Crippen LogP contribution in [-0.2, 0) is 6.42 Å². The van der Waals surface area contributed by atoms with Gasteiger partial charge in [0.1, 0.15) is 28.8 Å². The molecule has 2 N–H and O–H groups in total. The molecule has 150 valence electrons. The number of ether oxygens (including phenoxy) is 2. The van der Waals surface area contributed by atoms with E-state index in [0.29, 0.717) is 29.6 Å². The maximum absolute atomic E-state index is 12.6. The zero-order chi connectivity index (χ0) is 20.6. The Morgan fingerprint density at radius 2 is 1.72 bits per heavy atom. The van der Waals surface area contributed by atoms with E-state index >= 15 is 0 Å². The van der Waals surface area contributed by atoms with Crippen LogP contribution in [0.25, 0.3) is 0 Å². The van der Waals surface area contributed by atoms with Crippen molar-refractivity contribution in [2.75, 3.05) is 31.4 Å². The van der Waals surface area contributed by atoms with Crippen molar-refractivity contribution in [3.63, 3.8) is 0 Å². The second-order valence-electron chi connectivity index (χ2n) is 6.40. The molecule has 2 aromatic carbocycles. The predicted molar refractivity (Wildman–Crippen MR) is 113 cm³/mol. The number of hydrogen-bond acceptors (Lipinski definition) is 6. The van der Waals surface area contributed by atoms with Crippen LogP contribution in [0.3, 0.4) is 0 Å². The molecule has 1 heterocycles. The molecule has 0 aliphatic heterocycles. The molecule has 0 saturated carbocycles. The summed E-state index contributed by atoms with van der Waals surface area (Å²) in [6.07, 6.45) is 0.799. The van der Waals surface area contributed by atoms with Gasteiger partial charge in [0.05, 0.1) is 14.2 Å². The number of benzene rings is 2. The van der Waals surface area contributed by atoms with E-state index in [1.165, 1.54) is 0 Å². The Labute approximate surface area is 170 Å². The molecule has 3 rings (SSSR count). The zero-order valence-corrected chi connectivity index (χ0v) is 16.7.